The van der Waals surface area contributed by atoms with Crippen LogP contribution in [-0.4, -0.2) is 16.4 Å². The molecule has 10 heavy (non-hydrogen) atoms. The summed E-state index contributed by atoms with van der Waals surface area (Å²) in [4.78, 5) is 17.5. The van der Waals surface area contributed by atoms with Crippen LogP contribution >= 0.6 is 0 Å². The van der Waals surface area contributed by atoms with Crippen molar-refractivity contribution in [1.29, 1.82) is 0 Å². The summed E-state index contributed by atoms with van der Waals surface area (Å²) >= 11 is 0. The standard InChI is InChI=1S/C6H7N3O/c1-5-2-6(9-4-10)8-3-7-5/h2-4H,1H3,(H,7,8,9,10). The second kappa shape index (κ2) is 2.91. The number of carbonyl (C=O) groups excluding carboxylic acids is 1. The smallest absolute Gasteiger partial charge is 0.212 e. The Morgan fingerprint density at radius 1 is 1.60 bits per heavy atom. The Morgan fingerprint density at radius 2 is 2.40 bits per heavy atom. The van der Waals surface area contributed by atoms with Gasteiger partial charge in [0.2, 0.25) is 6.41 Å². The molecule has 0 aliphatic heterocycles. The van der Waals surface area contributed by atoms with Crippen LogP contribution in [0.25, 0.3) is 0 Å². The Labute approximate surface area is 58.3 Å². The Kier molecular flexibility index (Phi) is 1.94. The maximum Gasteiger partial charge on any atom is 0.212 e. The van der Waals surface area contributed by atoms with E-state index >= 15 is 0 Å². The van der Waals surface area contributed by atoms with E-state index in [2.05, 4.69) is 15.3 Å². The number of carbonyl (C=O) groups is 1. The van der Waals surface area contributed by atoms with Gasteiger partial charge in [-0.1, -0.05) is 0 Å². The molecule has 52 valence electrons. The van der Waals surface area contributed by atoms with Crippen molar-refractivity contribution in [3.63, 3.8) is 0 Å². The van der Waals surface area contributed by atoms with Crippen LogP contribution in [0, 0.1) is 6.92 Å². The molecule has 1 aromatic heterocycles. The first-order chi connectivity index (χ1) is 4.83. The minimum absolute atomic E-state index is 0.530. The summed E-state index contributed by atoms with van der Waals surface area (Å²) in [5.41, 5.74) is 0.833. The highest BCUT2D eigenvalue weighted by Crippen LogP contribution is 1.99. The van der Waals surface area contributed by atoms with Gasteiger partial charge in [-0.15, -0.1) is 0 Å². The molecule has 1 aromatic rings. The summed E-state index contributed by atoms with van der Waals surface area (Å²) in [6.45, 7) is 1.83. The van der Waals surface area contributed by atoms with E-state index in [0.717, 1.165) is 5.69 Å². The molecular formula is C6H7N3O. The number of amides is 1. The third kappa shape index (κ3) is 1.51. The average molecular weight is 137 g/mol. The van der Waals surface area contributed by atoms with Crippen molar-refractivity contribution in [2.24, 2.45) is 0 Å². The molecule has 0 aliphatic carbocycles. The monoisotopic (exact) mass is 137 g/mol. The van der Waals surface area contributed by atoms with Crippen LogP contribution in [0.4, 0.5) is 5.82 Å². The number of rotatable bonds is 2. The number of aryl methyl sites for hydroxylation is 1. The van der Waals surface area contributed by atoms with Crippen LogP contribution in [0.3, 0.4) is 0 Å². The minimum atomic E-state index is 0.530. The van der Waals surface area contributed by atoms with Crippen molar-refractivity contribution in [2.45, 2.75) is 6.92 Å². The van der Waals surface area contributed by atoms with Gasteiger partial charge >= 0.3 is 0 Å². The fraction of sp³-hybridized carbons (Fsp3) is 0.167. The normalized spacial score (nSPS) is 8.90. The molecule has 4 heteroatoms. The molecule has 0 unspecified atom stereocenters. The Morgan fingerprint density at radius 3 is 3.00 bits per heavy atom. The second-order valence-corrected chi connectivity index (χ2v) is 1.81. The number of nitrogens with one attached hydrogen (secondary N) is 1. The number of hydrogen-bond acceptors (Lipinski definition) is 3. The molecule has 1 amide bonds. The predicted octanol–water partition coefficient (Wildman–Crippen LogP) is 0.353. The fourth-order valence-corrected chi connectivity index (χ4v) is 0.594. The Hall–Kier alpha value is -1.45. The van der Waals surface area contributed by atoms with Gasteiger partial charge in [0, 0.05) is 11.8 Å². The summed E-state index contributed by atoms with van der Waals surface area (Å²) in [5, 5.41) is 2.42. The average Bonchev–Trinajstić information content (AvgIpc) is 1.88. The van der Waals surface area contributed by atoms with E-state index in [-0.39, 0.29) is 0 Å². The van der Waals surface area contributed by atoms with Crippen LogP contribution in [0.2, 0.25) is 0 Å². The quantitative estimate of drug-likeness (QED) is 0.598. The van der Waals surface area contributed by atoms with Gasteiger partial charge in [0.25, 0.3) is 0 Å². The van der Waals surface area contributed by atoms with E-state index in [9.17, 15) is 4.79 Å². The molecule has 1 N–H and O–H groups in total. The first-order valence-electron chi connectivity index (χ1n) is 2.82. The lowest BCUT2D eigenvalue weighted by Gasteiger charge is -1.95. The molecule has 0 aliphatic rings. The molecule has 0 atom stereocenters. The van der Waals surface area contributed by atoms with Crippen LogP contribution in [0.1, 0.15) is 5.69 Å². The lowest BCUT2D eigenvalue weighted by atomic mass is 10.4. The zero-order valence-electron chi connectivity index (χ0n) is 5.53. The summed E-state index contributed by atoms with van der Waals surface area (Å²) in [5.74, 6) is 0.530. The zero-order chi connectivity index (χ0) is 7.40. The Bertz CT molecular complexity index is 236. The van der Waals surface area contributed by atoms with Crippen LogP contribution in [0.5, 0.6) is 0 Å². The van der Waals surface area contributed by atoms with Crippen molar-refractivity contribution in [1.82, 2.24) is 9.97 Å². The predicted molar refractivity (Wildman–Crippen MR) is 36.5 cm³/mol. The highest BCUT2D eigenvalue weighted by molar-refractivity contribution is 5.68. The van der Waals surface area contributed by atoms with Crippen molar-refractivity contribution in [3.8, 4) is 0 Å². The van der Waals surface area contributed by atoms with Gasteiger partial charge in [-0.3, -0.25) is 4.79 Å². The molecule has 4 nitrogen and oxygen atoms in total. The third-order valence-corrected chi connectivity index (χ3v) is 1.01. The van der Waals surface area contributed by atoms with Crippen molar-refractivity contribution in [3.05, 3.63) is 18.1 Å². The largest absolute Gasteiger partial charge is 0.313 e. The van der Waals surface area contributed by atoms with E-state index in [4.69, 9.17) is 0 Å². The van der Waals surface area contributed by atoms with Gasteiger partial charge in [0.05, 0.1) is 0 Å². The van der Waals surface area contributed by atoms with E-state index < -0.39 is 0 Å². The van der Waals surface area contributed by atoms with Gasteiger partial charge in [0.15, 0.2) is 0 Å². The van der Waals surface area contributed by atoms with Gasteiger partial charge in [-0.2, -0.15) is 0 Å². The van der Waals surface area contributed by atoms with Crippen molar-refractivity contribution in [2.75, 3.05) is 5.32 Å². The first-order valence-corrected chi connectivity index (χ1v) is 2.82. The number of hydrogen-bond donors (Lipinski definition) is 1. The highest BCUT2D eigenvalue weighted by atomic mass is 16.1. The molecule has 0 fully saturated rings. The van der Waals surface area contributed by atoms with Gasteiger partial charge in [0.1, 0.15) is 12.1 Å². The van der Waals surface area contributed by atoms with Gasteiger partial charge in [-0.05, 0) is 6.92 Å². The summed E-state index contributed by atoms with van der Waals surface area (Å²) in [7, 11) is 0. The lowest BCUT2D eigenvalue weighted by molar-refractivity contribution is -0.105. The van der Waals surface area contributed by atoms with E-state index in [0.29, 0.717) is 12.2 Å². The zero-order valence-corrected chi connectivity index (χ0v) is 5.53. The molecule has 1 heterocycles. The molecule has 0 radical (unpaired) electrons. The summed E-state index contributed by atoms with van der Waals surface area (Å²) < 4.78 is 0. The first kappa shape index (κ1) is 6.67. The van der Waals surface area contributed by atoms with Crippen molar-refractivity contribution >= 4 is 12.2 Å². The number of aromatic nitrogens is 2. The number of anilines is 1. The lowest BCUT2D eigenvalue weighted by Crippen LogP contribution is -1.97. The molecule has 0 bridgehead atoms. The maximum atomic E-state index is 9.91. The van der Waals surface area contributed by atoms with E-state index in [1.54, 1.807) is 6.07 Å². The minimum Gasteiger partial charge on any atom is -0.313 e. The maximum absolute atomic E-state index is 9.91. The SMILES string of the molecule is Cc1cc(NC=O)ncn1. The van der Waals surface area contributed by atoms with E-state index in [1.807, 2.05) is 6.92 Å². The van der Waals surface area contributed by atoms with Crippen LogP contribution < -0.4 is 5.32 Å². The highest BCUT2D eigenvalue weighted by Gasteiger charge is 1.90. The van der Waals surface area contributed by atoms with E-state index in [1.165, 1.54) is 6.33 Å². The molecule has 0 saturated heterocycles. The van der Waals surface area contributed by atoms with Gasteiger partial charge in [-0.25, -0.2) is 9.97 Å². The number of nitrogens with zero attached hydrogens (tertiary/aromatic N) is 2. The molecule has 0 spiro atoms. The second-order valence-electron chi connectivity index (χ2n) is 1.81. The Balaban J connectivity index is 2.84. The fourth-order valence-electron chi connectivity index (χ4n) is 0.594. The summed E-state index contributed by atoms with van der Waals surface area (Å²) in [6, 6.07) is 1.69. The van der Waals surface area contributed by atoms with Crippen molar-refractivity contribution < 1.29 is 4.79 Å². The molecule has 0 saturated carbocycles. The molecule has 0 aromatic carbocycles. The molecule has 1 rings (SSSR count). The summed E-state index contributed by atoms with van der Waals surface area (Å²) in [6.07, 6.45) is 1.99. The molecular weight excluding hydrogens is 130 g/mol. The third-order valence-electron chi connectivity index (χ3n) is 1.01. The topological polar surface area (TPSA) is 54.9 Å². The van der Waals surface area contributed by atoms with Gasteiger partial charge < -0.3 is 5.32 Å². The van der Waals surface area contributed by atoms with Crippen LogP contribution in [0.15, 0.2) is 12.4 Å². The van der Waals surface area contributed by atoms with Crippen LogP contribution in [-0.2, 0) is 4.79 Å².